The summed E-state index contributed by atoms with van der Waals surface area (Å²) in [7, 11) is 0. The van der Waals surface area contributed by atoms with Gasteiger partial charge < -0.3 is 0 Å². The van der Waals surface area contributed by atoms with Crippen molar-refractivity contribution in [3.63, 3.8) is 0 Å². The molecular formula is C20H11N7. The predicted octanol–water partition coefficient (Wildman–Crippen LogP) is 4.22. The van der Waals surface area contributed by atoms with Crippen LogP contribution in [0.4, 0.5) is 0 Å². The van der Waals surface area contributed by atoms with Gasteiger partial charge in [-0.05, 0) is 72.4 Å². The van der Waals surface area contributed by atoms with Crippen molar-refractivity contribution in [2.75, 3.05) is 0 Å². The Hall–Kier alpha value is -4.09. The Morgan fingerprint density at radius 1 is 0.593 bits per heavy atom. The lowest BCUT2D eigenvalue weighted by Gasteiger charge is -1.95. The SMILES string of the molecule is [N-]=[N+]=NC1=CC2=CC3=NC(=CC4=NC(=CC5=NC(=CC1=N2)C=C5)C=C4)C=C3. The van der Waals surface area contributed by atoms with Gasteiger partial charge in [-0.3, -0.25) is 0 Å². The second kappa shape index (κ2) is 6.01. The molecule has 8 bridgehead atoms. The third-order valence-corrected chi connectivity index (χ3v) is 4.17. The molecule has 126 valence electrons. The standard InChI is InChI=1S/C20H11N7/c21-27-26-20-11-18-9-16-4-3-14(23-16)7-12-1-2-13(22-12)8-15-5-6-17(24-15)10-19(20)25-18/h1-11H. The van der Waals surface area contributed by atoms with E-state index in [1.807, 2.05) is 54.7 Å². The molecule has 5 aliphatic rings. The van der Waals surface area contributed by atoms with E-state index < -0.39 is 0 Å². The van der Waals surface area contributed by atoms with Crippen LogP contribution >= 0.6 is 0 Å². The first kappa shape index (κ1) is 15.2. The molecule has 0 unspecified atom stereocenters. The molecule has 5 heterocycles. The van der Waals surface area contributed by atoms with E-state index in [0.29, 0.717) is 17.1 Å². The molecule has 7 heteroatoms. The van der Waals surface area contributed by atoms with E-state index in [-0.39, 0.29) is 0 Å². The van der Waals surface area contributed by atoms with Gasteiger partial charge in [-0.25, -0.2) is 20.0 Å². The fourth-order valence-corrected chi connectivity index (χ4v) is 3.01. The topological polar surface area (TPSA) is 98.2 Å². The van der Waals surface area contributed by atoms with E-state index in [2.05, 4.69) is 30.0 Å². The Morgan fingerprint density at radius 2 is 1.11 bits per heavy atom. The van der Waals surface area contributed by atoms with Crippen LogP contribution in [0.3, 0.4) is 0 Å². The molecule has 0 aliphatic carbocycles. The van der Waals surface area contributed by atoms with Gasteiger partial charge in [0.2, 0.25) is 0 Å². The van der Waals surface area contributed by atoms with E-state index >= 15 is 0 Å². The summed E-state index contributed by atoms with van der Waals surface area (Å²) in [5.74, 6) is 0. The Kier molecular flexibility index (Phi) is 3.38. The molecule has 5 aliphatic heterocycles. The minimum Gasteiger partial charge on any atom is -0.249 e. The van der Waals surface area contributed by atoms with E-state index in [1.54, 1.807) is 12.2 Å². The molecule has 0 aromatic rings. The van der Waals surface area contributed by atoms with Crippen LogP contribution in [0.1, 0.15) is 0 Å². The van der Waals surface area contributed by atoms with Gasteiger partial charge in [-0.1, -0.05) is 5.11 Å². The van der Waals surface area contributed by atoms with Gasteiger partial charge in [-0.15, -0.1) is 0 Å². The first-order valence-electron chi connectivity index (χ1n) is 8.28. The third-order valence-electron chi connectivity index (χ3n) is 4.17. The van der Waals surface area contributed by atoms with Gasteiger partial charge in [0.1, 0.15) is 0 Å². The lowest BCUT2D eigenvalue weighted by Crippen LogP contribution is -1.93. The third kappa shape index (κ3) is 2.99. The van der Waals surface area contributed by atoms with Gasteiger partial charge in [0.25, 0.3) is 0 Å². The second-order valence-electron chi connectivity index (χ2n) is 6.10. The van der Waals surface area contributed by atoms with E-state index in [4.69, 9.17) is 5.53 Å². The van der Waals surface area contributed by atoms with Crippen LogP contribution in [0.5, 0.6) is 0 Å². The van der Waals surface area contributed by atoms with Crippen LogP contribution in [-0.4, -0.2) is 22.8 Å². The van der Waals surface area contributed by atoms with Gasteiger partial charge in [0.15, 0.2) is 0 Å². The molecular weight excluding hydrogens is 338 g/mol. The Morgan fingerprint density at radius 3 is 1.67 bits per heavy atom. The summed E-state index contributed by atoms with van der Waals surface area (Å²) < 4.78 is 0. The maximum Gasteiger partial charge on any atom is 0.0754 e. The van der Waals surface area contributed by atoms with Crippen LogP contribution in [0.25, 0.3) is 10.4 Å². The number of rotatable bonds is 1. The summed E-state index contributed by atoms with van der Waals surface area (Å²) in [6.07, 6.45) is 20.8. The minimum absolute atomic E-state index is 0.460. The average Bonchev–Trinajstić information content (AvgIpc) is 3.41. The molecule has 0 atom stereocenters. The molecule has 0 amide bonds. The zero-order valence-corrected chi connectivity index (χ0v) is 14.0. The molecule has 5 rings (SSSR count). The molecule has 7 nitrogen and oxygen atoms in total. The van der Waals surface area contributed by atoms with Crippen LogP contribution in [-0.2, 0) is 0 Å². The lowest BCUT2D eigenvalue weighted by atomic mass is 10.2. The van der Waals surface area contributed by atoms with Crippen molar-refractivity contribution >= 4 is 22.8 Å². The van der Waals surface area contributed by atoms with Crippen molar-refractivity contribution in [1.82, 2.24) is 0 Å². The van der Waals surface area contributed by atoms with Crippen LogP contribution in [0.15, 0.2) is 120 Å². The Bertz CT molecular complexity index is 1190. The number of fused-ring (bicyclic) bond motifs is 4. The Balaban J connectivity index is 1.67. The maximum absolute atomic E-state index is 8.83. The van der Waals surface area contributed by atoms with Crippen LogP contribution in [0, 0.1) is 0 Å². The first-order chi connectivity index (χ1) is 13.2. The fourth-order valence-electron chi connectivity index (χ4n) is 3.01. The summed E-state index contributed by atoms with van der Waals surface area (Å²) >= 11 is 0. The highest BCUT2D eigenvalue weighted by Gasteiger charge is 2.15. The van der Waals surface area contributed by atoms with Gasteiger partial charge >= 0.3 is 0 Å². The van der Waals surface area contributed by atoms with E-state index in [1.165, 1.54) is 0 Å². The van der Waals surface area contributed by atoms with Crippen molar-refractivity contribution in [3.8, 4) is 0 Å². The largest absolute Gasteiger partial charge is 0.249 e. The van der Waals surface area contributed by atoms with Crippen molar-refractivity contribution in [2.24, 2.45) is 25.1 Å². The number of aliphatic imine (C=N–C) groups is 4. The maximum atomic E-state index is 8.83. The average molecular weight is 349 g/mol. The molecule has 27 heavy (non-hydrogen) atoms. The smallest absolute Gasteiger partial charge is 0.0754 e. The highest BCUT2D eigenvalue weighted by atomic mass is 15.1. The summed E-state index contributed by atoms with van der Waals surface area (Å²) in [4.78, 5) is 21.1. The monoisotopic (exact) mass is 349 g/mol. The number of allylic oxidation sites excluding steroid dienone is 11. The van der Waals surface area contributed by atoms with Crippen LogP contribution in [0.2, 0.25) is 0 Å². The van der Waals surface area contributed by atoms with Crippen molar-refractivity contribution in [3.05, 3.63) is 106 Å². The normalized spacial score (nSPS) is 21.4. The number of hydrogen-bond donors (Lipinski definition) is 0. The zero-order chi connectivity index (χ0) is 18.2. The molecule has 0 saturated carbocycles. The Labute approximate surface area is 154 Å². The molecule has 0 N–H and O–H groups in total. The number of azide groups is 1. The molecule has 0 radical (unpaired) electrons. The second-order valence-corrected chi connectivity index (χ2v) is 6.10. The molecule has 0 spiro atoms. The van der Waals surface area contributed by atoms with Gasteiger partial charge in [0, 0.05) is 4.91 Å². The quantitative estimate of drug-likeness (QED) is 0.385. The summed E-state index contributed by atoms with van der Waals surface area (Å²) in [5.41, 5.74) is 15.3. The summed E-state index contributed by atoms with van der Waals surface area (Å²) in [5, 5.41) is 3.74. The summed E-state index contributed by atoms with van der Waals surface area (Å²) in [6, 6.07) is 0. The van der Waals surface area contributed by atoms with Gasteiger partial charge in [0.05, 0.1) is 51.3 Å². The van der Waals surface area contributed by atoms with E-state index in [9.17, 15) is 0 Å². The first-order valence-corrected chi connectivity index (χ1v) is 8.28. The van der Waals surface area contributed by atoms with Crippen LogP contribution < -0.4 is 0 Å². The van der Waals surface area contributed by atoms with Crippen molar-refractivity contribution in [2.45, 2.75) is 0 Å². The molecule has 0 aromatic carbocycles. The molecule has 0 saturated heterocycles. The lowest BCUT2D eigenvalue weighted by molar-refractivity contribution is 1.41. The van der Waals surface area contributed by atoms with Crippen molar-refractivity contribution in [1.29, 1.82) is 0 Å². The van der Waals surface area contributed by atoms with E-state index in [0.717, 1.165) is 34.2 Å². The number of hydrogen-bond acceptors (Lipinski definition) is 5. The van der Waals surface area contributed by atoms with Crippen molar-refractivity contribution < 1.29 is 0 Å². The highest BCUT2D eigenvalue weighted by molar-refractivity contribution is 6.16. The number of nitrogens with zero attached hydrogens (tertiary/aromatic N) is 7. The highest BCUT2D eigenvalue weighted by Crippen LogP contribution is 2.23. The molecule has 0 fully saturated rings. The molecule has 0 aromatic heterocycles. The fraction of sp³-hybridized carbons (Fsp3) is 0. The van der Waals surface area contributed by atoms with Gasteiger partial charge in [-0.2, -0.15) is 0 Å². The zero-order valence-electron chi connectivity index (χ0n) is 14.0. The predicted molar refractivity (Wildman–Crippen MR) is 107 cm³/mol. The minimum atomic E-state index is 0.460. The summed E-state index contributed by atoms with van der Waals surface area (Å²) in [6.45, 7) is 0.